The van der Waals surface area contributed by atoms with Crippen LogP contribution in [0, 0.1) is 11.3 Å². The van der Waals surface area contributed by atoms with Crippen LogP contribution in [0.1, 0.15) is 12.8 Å². The normalized spacial score (nSPS) is 30.4. The van der Waals surface area contributed by atoms with Gasteiger partial charge in [0.05, 0.1) is 15.6 Å². The van der Waals surface area contributed by atoms with Gasteiger partial charge >= 0.3 is 0 Å². The minimum absolute atomic E-state index is 0.0107. The Labute approximate surface area is 102 Å². The molecule has 1 amide bonds. The van der Waals surface area contributed by atoms with E-state index >= 15 is 0 Å². The number of rotatable bonds is 1. The Bertz CT molecular complexity index is 704. The van der Waals surface area contributed by atoms with E-state index in [1.165, 1.54) is 4.70 Å². The zero-order valence-corrected chi connectivity index (χ0v) is 10.3. The van der Waals surface area contributed by atoms with Gasteiger partial charge in [-0.3, -0.25) is 4.79 Å². The van der Waals surface area contributed by atoms with E-state index in [4.69, 9.17) is 0 Å². The summed E-state index contributed by atoms with van der Waals surface area (Å²) in [6.07, 6.45) is 2.15. The minimum atomic E-state index is -0.0107. The third kappa shape index (κ3) is 1.21. The van der Waals surface area contributed by atoms with Crippen LogP contribution < -0.4 is 4.80 Å². The molecule has 3 nitrogen and oxygen atoms in total. The predicted octanol–water partition coefficient (Wildman–Crippen LogP) is 2.08. The first-order valence-electron chi connectivity index (χ1n) is 5.84. The van der Waals surface area contributed by atoms with E-state index in [-0.39, 0.29) is 11.3 Å². The van der Waals surface area contributed by atoms with E-state index in [1.54, 1.807) is 11.3 Å². The molecule has 0 aliphatic heterocycles. The lowest BCUT2D eigenvalue weighted by molar-refractivity contribution is -0.121. The second-order valence-electron chi connectivity index (χ2n) is 5.09. The van der Waals surface area contributed by atoms with Gasteiger partial charge < -0.3 is 4.57 Å². The van der Waals surface area contributed by atoms with Gasteiger partial charge in [-0.05, 0) is 30.9 Å². The summed E-state index contributed by atoms with van der Waals surface area (Å²) in [5.74, 6) is 0.767. The van der Waals surface area contributed by atoms with Crippen LogP contribution in [0.15, 0.2) is 29.3 Å². The highest BCUT2D eigenvalue weighted by molar-refractivity contribution is 7.16. The predicted molar refractivity (Wildman–Crippen MR) is 66.5 cm³/mol. The van der Waals surface area contributed by atoms with Gasteiger partial charge in [-0.25, -0.2) is 0 Å². The van der Waals surface area contributed by atoms with E-state index in [0.717, 1.165) is 23.2 Å². The third-order valence-corrected chi connectivity index (χ3v) is 5.13. The van der Waals surface area contributed by atoms with Crippen molar-refractivity contribution in [2.24, 2.45) is 23.4 Å². The van der Waals surface area contributed by atoms with E-state index in [1.807, 2.05) is 23.7 Å². The second-order valence-corrected chi connectivity index (χ2v) is 6.10. The van der Waals surface area contributed by atoms with Crippen LogP contribution in [0.5, 0.6) is 0 Å². The summed E-state index contributed by atoms with van der Waals surface area (Å²) in [5, 5.41) is 0. The SMILES string of the molecule is Cn1c(=NC(=O)C23CC2C3)sc2ccccc21. The van der Waals surface area contributed by atoms with Gasteiger partial charge in [-0.1, -0.05) is 23.5 Å². The first-order valence-corrected chi connectivity index (χ1v) is 6.66. The number of fused-ring (bicyclic) bond motifs is 2. The number of aromatic nitrogens is 1. The number of aryl methyl sites for hydroxylation is 1. The molecule has 17 heavy (non-hydrogen) atoms. The molecule has 2 fully saturated rings. The molecule has 1 aromatic heterocycles. The second kappa shape index (κ2) is 2.88. The summed E-state index contributed by atoms with van der Waals surface area (Å²) in [5.41, 5.74) is 1.13. The van der Waals surface area contributed by atoms with Gasteiger partial charge in [0.1, 0.15) is 0 Å². The van der Waals surface area contributed by atoms with Crippen LogP contribution in [0.2, 0.25) is 0 Å². The summed E-state index contributed by atoms with van der Waals surface area (Å²) in [6.45, 7) is 0. The number of hydrogen-bond donors (Lipinski definition) is 0. The number of amides is 1. The molecule has 0 radical (unpaired) electrons. The molecule has 0 bridgehead atoms. The molecule has 4 heteroatoms. The summed E-state index contributed by atoms with van der Waals surface area (Å²) >= 11 is 1.59. The largest absolute Gasteiger partial charge is 0.319 e. The van der Waals surface area contributed by atoms with Crippen molar-refractivity contribution in [2.75, 3.05) is 0 Å². The standard InChI is InChI=1S/C13H12N2OS/c1-15-9-4-2-3-5-10(9)17-12(15)14-11(16)13-6-8(13)7-13/h2-5,8H,6-7H2,1H3. The van der Waals surface area contributed by atoms with Gasteiger partial charge in [0.25, 0.3) is 5.91 Å². The molecule has 0 saturated heterocycles. The molecule has 0 unspecified atom stereocenters. The van der Waals surface area contributed by atoms with Crippen LogP contribution in [0.4, 0.5) is 0 Å². The van der Waals surface area contributed by atoms with Crippen molar-refractivity contribution in [3.05, 3.63) is 29.1 Å². The first kappa shape index (κ1) is 9.59. The average Bonchev–Trinajstić information content (AvgIpc) is 3.14. The topological polar surface area (TPSA) is 34.4 Å². The number of benzene rings is 1. The first-order chi connectivity index (χ1) is 8.21. The highest BCUT2D eigenvalue weighted by Gasteiger charge is 2.74. The van der Waals surface area contributed by atoms with Crippen LogP contribution >= 0.6 is 11.3 Å². The summed E-state index contributed by atoms with van der Waals surface area (Å²) in [4.78, 5) is 17.1. The lowest BCUT2D eigenvalue weighted by Crippen LogP contribution is -2.15. The third-order valence-electron chi connectivity index (χ3n) is 4.02. The van der Waals surface area contributed by atoms with Gasteiger partial charge in [0, 0.05) is 7.05 Å². The van der Waals surface area contributed by atoms with Crippen molar-refractivity contribution in [1.29, 1.82) is 0 Å². The monoisotopic (exact) mass is 244 g/mol. The smallest absolute Gasteiger partial charge is 0.254 e. The highest BCUT2D eigenvalue weighted by Crippen LogP contribution is 2.75. The van der Waals surface area contributed by atoms with Crippen molar-refractivity contribution >= 4 is 27.5 Å². The molecule has 2 aliphatic carbocycles. The highest BCUT2D eigenvalue weighted by atomic mass is 32.1. The van der Waals surface area contributed by atoms with Gasteiger partial charge in [0.15, 0.2) is 4.80 Å². The van der Waals surface area contributed by atoms with E-state index in [9.17, 15) is 4.79 Å². The molecular weight excluding hydrogens is 232 g/mol. The molecule has 2 saturated carbocycles. The number of para-hydroxylation sites is 1. The number of nitrogens with zero attached hydrogens (tertiary/aromatic N) is 2. The fourth-order valence-corrected chi connectivity index (χ4v) is 3.45. The number of hydrogen-bond acceptors (Lipinski definition) is 2. The Morgan fingerprint density at radius 3 is 2.82 bits per heavy atom. The number of carbonyl (C=O) groups excluding carboxylic acids is 1. The summed E-state index contributed by atoms with van der Waals surface area (Å²) < 4.78 is 3.19. The minimum Gasteiger partial charge on any atom is -0.319 e. The molecular formula is C13H12N2OS. The molecule has 2 aromatic rings. The van der Waals surface area contributed by atoms with E-state index in [0.29, 0.717) is 5.92 Å². The molecule has 1 heterocycles. The maximum atomic E-state index is 12.0. The zero-order valence-electron chi connectivity index (χ0n) is 9.51. The van der Waals surface area contributed by atoms with Crippen LogP contribution in [0.25, 0.3) is 10.2 Å². The van der Waals surface area contributed by atoms with Crippen molar-refractivity contribution in [1.82, 2.24) is 4.57 Å². The molecule has 0 spiro atoms. The van der Waals surface area contributed by atoms with E-state index < -0.39 is 0 Å². The Balaban J connectivity index is 1.87. The summed E-state index contributed by atoms with van der Waals surface area (Å²) in [6, 6.07) is 8.15. The quantitative estimate of drug-likeness (QED) is 0.756. The fourth-order valence-electron chi connectivity index (χ4n) is 2.44. The molecule has 2 aliphatic rings. The van der Waals surface area contributed by atoms with Gasteiger partial charge in [0.2, 0.25) is 0 Å². The zero-order chi connectivity index (χ0) is 11.6. The van der Waals surface area contributed by atoms with Crippen molar-refractivity contribution in [2.45, 2.75) is 12.8 Å². The number of thiazole rings is 1. The van der Waals surface area contributed by atoms with Gasteiger partial charge in [-0.15, -0.1) is 0 Å². The molecule has 0 atom stereocenters. The van der Waals surface area contributed by atoms with E-state index in [2.05, 4.69) is 17.1 Å². The fraction of sp³-hybridized carbons (Fsp3) is 0.385. The van der Waals surface area contributed by atoms with Crippen LogP contribution in [0.3, 0.4) is 0 Å². The van der Waals surface area contributed by atoms with Crippen LogP contribution in [-0.2, 0) is 11.8 Å². The molecule has 86 valence electrons. The van der Waals surface area contributed by atoms with Crippen LogP contribution in [-0.4, -0.2) is 10.5 Å². The molecule has 1 aromatic carbocycles. The number of carbonyl (C=O) groups is 1. The lowest BCUT2D eigenvalue weighted by Gasteiger charge is -1.96. The lowest BCUT2D eigenvalue weighted by atomic mass is 10.2. The molecule has 4 rings (SSSR count). The Morgan fingerprint density at radius 1 is 1.47 bits per heavy atom. The average molecular weight is 244 g/mol. The Hall–Kier alpha value is -1.42. The maximum absolute atomic E-state index is 12.0. The maximum Gasteiger partial charge on any atom is 0.254 e. The Morgan fingerprint density at radius 2 is 2.18 bits per heavy atom. The van der Waals surface area contributed by atoms with Crippen molar-refractivity contribution in [3.8, 4) is 0 Å². The van der Waals surface area contributed by atoms with Crippen molar-refractivity contribution in [3.63, 3.8) is 0 Å². The Kier molecular flexibility index (Phi) is 1.62. The van der Waals surface area contributed by atoms with Crippen molar-refractivity contribution < 1.29 is 4.79 Å². The summed E-state index contributed by atoms with van der Waals surface area (Å²) in [7, 11) is 1.97. The molecule has 0 N–H and O–H groups in total. The van der Waals surface area contributed by atoms with Gasteiger partial charge in [-0.2, -0.15) is 4.99 Å².